The molecule has 0 unspecified atom stereocenters. The van der Waals surface area contributed by atoms with Crippen molar-refractivity contribution in [2.45, 2.75) is 6.92 Å². The maximum atomic E-state index is 11.7. The number of nitrogens with zero attached hydrogens (tertiary/aromatic N) is 2. The van der Waals surface area contributed by atoms with E-state index in [-0.39, 0.29) is 21.6 Å². The predicted octanol–water partition coefficient (Wildman–Crippen LogP) is 2.38. The van der Waals surface area contributed by atoms with E-state index >= 15 is 0 Å². The van der Waals surface area contributed by atoms with Crippen molar-refractivity contribution in [3.8, 4) is 5.75 Å². The van der Waals surface area contributed by atoms with Crippen LogP contribution in [0.4, 0.5) is 5.69 Å². The van der Waals surface area contributed by atoms with E-state index in [0.717, 1.165) is 0 Å². The lowest BCUT2D eigenvalue weighted by Gasteiger charge is -2.06. The molecule has 0 aliphatic heterocycles. The maximum Gasteiger partial charge on any atom is 0.295 e. The standard InChI is InChI=1S/C10H8Cl2N4O2/c1-4-13-9(16-15-4)10(18)14-5-2-6(11)8(17)7(12)3-5/h2-3,17H,1H3,(H,14,18)(H,13,15,16). The van der Waals surface area contributed by atoms with Crippen LogP contribution in [0.15, 0.2) is 12.1 Å². The molecule has 6 nitrogen and oxygen atoms in total. The highest BCUT2D eigenvalue weighted by Gasteiger charge is 2.13. The number of aromatic nitrogens is 3. The zero-order valence-corrected chi connectivity index (χ0v) is 10.7. The Morgan fingerprint density at radius 1 is 1.39 bits per heavy atom. The van der Waals surface area contributed by atoms with E-state index in [1.807, 2.05) is 0 Å². The van der Waals surface area contributed by atoms with Crippen molar-refractivity contribution < 1.29 is 9.90 Å². The summed E-state index contributed by atoms with van der Waals surface area (Å²) in [6.45, 7) is 1.68. The Morgan fingerprint density at radius 2 is 2.00 bits per heavy atom. The summed E-state index contributed by atoms with van der Waals surface area (Å²) < 4.78 is 0. The molecule has 0 aliphatic carbocycles. The Balaban J connectivity index is 2.22. The number of carbonyl (C=O) groups is 1. The van der Waals surface area contributed by atoms with Crippen LogP contribution in [0, 0.1) is 6.92 Å². The van der Waals surface area contributed by atoms with Gasteiger partial charge in [-0.05, 0) is 19.1 Å². The first-order valence-electron chi connectivity index (χ1n) is 4.85. The topological polar surface area (TPSA) is 90.9 Å². The summed E-state index contributed by atoms with van der Waals surface area (Å²) in [6.07, 6.45) is 0. The molecule has 0 saturated carbocycles. The van der Waals surface area contributed by atoms with Crippen LogP contribution >= 0.6 is 23.2 Å². The summed E-state index contributed by atoms with van der Waals surface area (Å²) in [7, 11) is 0. The Hall–Kier alpha value is -1.79. The SMILES string of the molecule is Cc1nc(C(=O)Nc2cc(Cl)c(O)c(Cl)c2)n[nH]1. The molecule has 0 radical (unpaired) electrons. The highest BCUT2D eigenvalue weighted by molar-refractivity contribution is 6.37. The van der Waals surface area contributed by atoms with Gasteiger partial charge in [0.1, 0.15) is 5.82 Å². The number of phenolic OH excluding ortho intramolecular Hbond substituents is 1. The second-order valence-electron chi connectivity index (χ2n) is 3.49. The molecule has 0 aliphatic rings. The summed E-state index contributed by atoms with van der Waals surface area (Å²) >= 11 is 11.5. The number of rotatable bonds is 2. The number of carbonyl (C=O) groups excluding carboxylic acids is 1. The molecule has 8 heteroatoms. The van der Waals surface area contributed by atoms with E-state index < -0.39 is 5.91 Å². The van der Waals surface area contributed by atoms with Gasteiger partial charge in [0.15, 0.2) is 5.75 Å². The summed E-state index contributed by atoms with van der Waals surface area (Å²) in [4.78, 5) is 15.6. The molecule has 2 rings (SSSR count). The Bertz CT molecular complexity index is 589. The number of halogens is 2. The highest BCUT2D eigenvalue weighted by atomic mass is 35.5. The van der Waals surface area contributed by atoms with Crippen molar-refractivity contribution in [3.05, 3.63) is 33.8 Å². The minimum absolute atomic E-state index is 0.00724. The van der Waals surface area contributed by atoms with Crippen LogP contribution in [0.3, 0.4) is 0 Å². The van der Waals surface area contributed by atoms with Crippen LogP contribution in [-0.2, 0) is 0 Å². The average Bonchev–Trinajstić information content (AvgIpc) is 2.72. The number of hydrogen-bond donors (Lipinski definition) is 3. The van der Waals surface area contributed by atoms with Crippen LogP contribution in [0.2, 0.25) is 10.0 Å². The van der Waals surface area contributed by atoms with Crippen molar-refractivity contribution >= 4 is 34.8 Å². The molecule has 18 heavy (non-hydrogen) atoms. The van der Waals surface area contributed by atoms with Crippen molar-refractivity contribution in [2.24, 2.45) is 0 Å². The zero-order valence-electron chi connectivity index (χ0n) is 9.16. The molecule has 94 valence electrons. The largest absolute Gasteiger partial charge is 0.505 e. The fraction of sp³-hybridized carbons (Fsp3) is 0.100. The van der Waals surface area contributed by atoms with Crippen LogP contribution in [-0.4, -0.2) is 26.2 Å². The second kappa shape index (κ2) is 4.83. The highest BCUT2D eigenvalue weighted by Crippen LogP contribution is 2.34. The minimum atomic E-state index is -0.503. The number of amides is 1. The number of aromatic amines is 1. The molecular formula is C10H8Cl2N4O2. The zero-order chi connectivity index (χ0) is 13.3. The molecule has 0 saturated heterocycles. The molecule has 1 aromatic heterocycles. The molecule has 1 aromatic carbocycles. The quantitative estimate of drug-likeness (QED) is 0.739. The smallest absolute Gasteiger partial charge is 0.295 e. The van der Waals surface area contributed by atoms with Gasteiger partial charge in [-0.3, -0.25) is 9.89 Å². The molecule has 0 spiro atoms. The van der Waals surface area contributed by atoms with Crippen LogP contribution in [0.25, 0.3) is 0 Å². The van der Waals surface area contributed by atoms with E-state index in [1.54, 1.807) is 6.92 Å². The van der Waals surface area contributed by atoms with Crippen molar-refractivity contribution in [3.63, 3.8) is 0 Å². The van der Waals surface area contributed by atoms with Crippen LogP contribution in [0.1, 0.15) is 16.4 Å². The number of aryl methyl sites for hydroxylation is 1. The summed E-state index contributed by atoms with van der Waals surface area (Å²) in [5.41, 5.74) is 0.343. The molecular weight excluding hydrogens is 279 g/mol. The second-order valence-corrected chi connectivity index (χ2v) is 4.30. The number of hydrogen-bond acceptors (Lipinski definition) is 4. The fourth-order valence-electron chi connectivity index (χ4n) is 1.27. The first-order valence-corrected chi connectivity index (χ1v) is 5.61. The Labute approximate surface area is 112 Å². The molecule has 2 aromatic rings. The third-order valence-electron chi connectivity index (χ3n) is 2.08. The molecule has 0 fully saturated rings. The van der Waals surface area contributed by atoms with Gasteiger partial charge in [0, 0.05) is 5.69 Å². The summed E-state index contributed by atoms with van der Waals surface area (Å²) in [6, 6.07) is 2.75. The number of anilines is 1. The lowest BCUT2D eigenvalue weighted by atomic mass is 10.3. The Morgan fingerprint density at radius 3 is 2.50 bits per heavy atom. The van der Waals surface area contributed by atoms with E-state index in [2.05, 4.69) is 20.5 Å². The monoisotopic (exact) mass is 286 g/mol. The van der Waals surface area contributed by atoms with E-state index in [9.17, 15) is 9.90 Å². The van der Waals surface area contributed by atoms with Gasteiger partial charge in [-0.15, -0.1) is 5.10 Å². The van der Waals surface area contributed by atoms with Crippen molar-refractivity contribution in [1.29, 1.82) is 0 Å². The molecule has 3 N–H and O–H groups in total. The van der Waals surface area contributed by atoms with Gasteiger partial charge in [0.25, 0.3) is 5.91 Å². The first-order chi connectivity index (χ1) is 8.47. The van der Waals surface area contributed by atoms with E-state index in [0.29, 0.717) is 11.5 Å². The number of aromatic hydroxyl groups is 1. The van der Waals surface area contributed by atoms with Gasteiger partial charge >= 0.3 is 0 Å². The molecule has 1 amide bonds. The third-order valence-corrected chi connectivity index (χ3v) is 2.65. The number of phenols is 1. The van der Waals surface area contributed by atoms with Crippen LogP contribution < -0.4 is 5.32 Å². The van der Waals surface area contributed by atoms with Crippen molar-refractivity contribution in [2.75, 3.05) is 5.32 Å². The van der Waals surface area contributed by atoms with Gasteiger partial charge in [-0.25, -0.2) is 4.98 Å². The average molecular weight is 287 g/mol. The van der Waals surface area contributed by atoms with Crippen molar-refractivity contribution in [1.82, 2.24) is 15.2 Å². The normalized spacial score (nSPS) is 10.4. The van der Waals surface area contributed by atoms with Gasteiger partial charge < -0.3 is 10.4 Å². The molecule has 1 heterocycles. The number of nitrogens with one attached hydrogen (secondary N) is 2. The van der Waals surface area contributed by atoms with E-state index in [1.165, 1.54) is 12.1 Å². The maximum absolute atomic E-state index is 11.7. The van der Waals surface area contributed by atoms with Gasteiger partial charge in [-0.2, -0.15) is 0 Å². The molecule has 0 bridgehead atoms. The van der Waals surface area contributed by atoms with Gasteiger partial charge in [0.05, 0.1) is 10.0 Å². The fourth-order valence-corrected chi connectivity index (χ4v) is 1.76. The first kappa shape index (κ1) is 12.7. The predicted molar refractivity (Wildman–Crippen MR) is 67.2 cm³/mol. The number of H-pyrrole nitrogens is 1. The lowest BCUT2D eigenvalue weighted by Crippen LogP contribution is -2.13. The minimum Gasteiger partial charge on any atom is -0.505 e. The van der Waals surface area contributed by atoms with Gasteiger partial charge in [0.2, 0.25) is 5.82 Å². The van der Waals surface area contributed by atoms with Gasteiger partial charge in [-0.1, -0.05) is 23.2 Å². The summed E-state index contributed by atoms with van der Waals surface area (Å²) in [5.74, 6) is -0.197. The van der Waals surface area contributed by atoms with Crippen LogP contribution in [0.5, 0.6) is 5.75 Å². The molecule has 0 atom stereocenters. The number of benzene rings is 1. The third kappa shape index (κ3) is 2.55. The lowest BCUT2D eigenvalue weighted by molar-refractivity contribution is 0.101. The van der Waals surface area contributed by atoms with E-state index in [4.69, 9.17) is 23.2 Å². The Kier molecular flexibility index (Phi) is 3.40. The summed E-state index contributed by atoms with van der Waals surface area (Å²) in [5, 5.41) is 18.2.